The van der Waals surface area contributed by atoms with Gasteiger partial charge in [0, 0.05) is 42.3 Å². The van der Waals surface area contributed by atoms with Crippen molar-refractivity contribution in [3.63, 3.8) is 0 Å². The fourth-order valence-electron chi connectivity index (χ4n) is 6.46. The third-order valence-corrected chi connectivity index (χ3v) is 7.40. The molecule has 2 bridgehead atoms. The van der Waals surface area contributed by atoms with Gasteiger partial charge < -0.3 is 0 Å². The minimum atomic E-state index is -0.184. The summed E-state index contributed by atoms with van der Waals surface area (Å²) in [5.41, 5.74) is 13.8. The van der Waals surface area contributed by atoms with E-state index in [1.807, 2.05) is 0 Å². The van der Waals surface area contributed by atoms with Gasteiger partial charge in [-0.15, -0.1) is 0 Å². The SMILES string of the molecule is CC12c3c4cccc3Cc3cccc(c31)Cc1cccc([n+]12)Cc1cccc(n1)C4. The van der Waals surface area contributed by atoms with Gasteiger partial charge in [0.2, 0.25) is 5.54 Å². The Labute approximate surface area is 176 Å². The van der Waals surface area contributed by atoms with Gasteiger partial charge in [0.25, 0.3) is 0 Å². The first-order valence-electron chi connectivity index (χ1n) is 10.9. The monoisotopic (exact) mass is 387 g/mol. The lowest BCUT2D eigenvalue weighted by molar-refractivity contribution is -0.755. The Morgan fingerprint density at radius 3 is 1.80 bits per heavy atom. The van der Waals surface area contributed by atoms with E-state index >= 15 is 0 Å². The number of aromatic nitrogens is 2. The average Bonchev–Trinajstić information content (AvgIpc) is 2.73. The molecule has 144 valence electrons. The summed E-state index contributed by atoms with van der Waals surface area (Å²) in [4.78, 5) is 5.03. The zero-order valence-corrected chi connectivity index (χ0v) is 17.2. The maximum absolute atomic E-state index is 5.03. The number of rotatable bonds is 0. The summed E-state index contributed by atoms with van der Waals surface area (Å²) in [6.45, 7) is 2.46. The van der Waals surface area contributed by atoms with Crippen molar-refractivity contribution in [2.75, 3.05) is 0 Å². The standard InChI is InChI=1S/C28H23N2/c1-28-26-18-6-2-8-20(26)15-22-10-4-11-23(29-22)17-25-13-5-12-24(30(25)28)16-21-9-3-7-19(14-18)27(21)28/h2-13H,14-17H2,1H3/q+1. The largest absolute Gasteiger partial charge is 0.257 e. The van der Waals surface area contributed by atoms with E-state index in [0.717, 1.165) is 31.4 Å². The lowest BCUT2D eigenvalue weighted by Gasteiger charge is -2.40. The van der Waals surface area contributed by atoms with Gasteiger partial charge in [-0.2, -0.15) is 4.57 Å². The first-order chi connectivity index (χ1) is 14.7. The van der Waals surface area contributed by atoms with Gasteiger partial charge in [0.15, 0.2) is 11.4 Å². The van der Waals surface area contributed by atoms with E-state index in [-0.39, 0.29) is 5.54 Å². The molecule has 1 unspecified atom stereocenters. The van der Waals surface area contributed by atoms with Crippen molar-refractivity contribution >= 4 is 0 Å². The fourth-order valence-corrected chi connectivity index (χ4v) is 6.46. The second-order valence-corrected chi connectivity index (χ2v) is 9.15. The highest BCUT2D eigenvalue weighted by molar-refractivity contribution is 5.58. The Morgan fingerprint density at radius 1 is 0.600 bits per heavy atom. The number of pyridine rings is 2. The van der Waals surface area contributed by atoms with Gasteiger partial charge >= 0.3 is 0 Å². The normalized spacial score (nSPS) is 19.8. The molecular weight excluding hydrogens is 364 g/mol. The van der Waals surface area contributed by atoms with Crippen molar-refractivity contribution in [3.8, 4) is 0 Å². The summed E-state index contributed by atoms with van der Waals surface area (Å²) >= 11 is 0. The molecule has 4 aromatic rings. The van der Waals surface area contributed by atoms with Crippen LogP contribution in [-0.4, -0.2) is 4.98 Å². The summed E-state index contributed by atoms with van der Waals surface area (Å²) in [6.07, 6.45) is 3.78. The lowest BCUT2D eigenvalue weighted by Crippen LogP contribution is -2.64. The Balaban J connectivity index is 1.67. The number of fused-ring (bicyclic) bond motifs is 2. The summed E-state index contributed by atoms with van der Waals surface area (Å²) in [5, 5.41) is 0. The molecule has 0 amide bonds. The van der Waals surface area contributed by atoms with Gasteiger partial charge in [0.05, 0.1) is 18.5 Å². The van der Waals surface area contributed by atoms with E-state index in [2.05, 4.69) is 84.3 Å². The molecule has 0 saturated heterocycles. The van der Waals surface area contributed by atoms with Crippen LogP contribution in [0.3, 0.4) is 0 Å². The van der Waals surface area contributed by atoms with Crippen molar-refractivity contribution in [3.05, 3.63) is 129 Å². The van der Waals surface area contributed by atoms with Crippen LogP contribution in [0.15, 0.2) is 72.8 Å². The van der Waals surface area contributed by atoms with Crippen molar-refractivity contribution in [2.24, 2.45) is 0 Å². The van der Waals surface area contributed by atoms with E-state index in [9.17, 15) is 0 Å². The highest BCUT2D eigenvalue weighted by Crippen LogP contribution is 2.46. The Morgan fingerprint density at radius 2 is 1.10 bits per heavy atom. The van der Waals surface area contributed by atoms with Gasteiger partial charge in [-0.25, -0.2) is 0 Å². The molecule has 2 aliphatic heterocycles. The first-order valence-corrected chi connectivity index (χ1v) is 10.9. The van der Waals surface area contributed by atoms with Crippen LogP contribution >= 0.6 is 0 Å². The second-order valence-electron chi connectivity index (χ2n) is 9.15. The molecule has 4 heterocycles. The predicted molar refractivity (Wildman–Crippen MR) is 117 cm³/mol. The third kappa shape index (κ3) is 2.04. The maximum atomic E-state index is 5.03. The Bertz CT molecular complexity index is 1270. The number of hydrogen-bond donors (Lipinski definition) is 0. The minimum absolute atomic E-state index is 0.184. The van der Waals surface area contributed by atoms with Crippen molar-refractivity contribution in [2.45, 2.75) is 38.1 Å². The van der Waals surface area contributed by atoms with Crippen LogP contribution in [0, 0.1) is 0 Å². The molecule has 30 heavy (non-hydrogen) atoms. The molecule has 0 radical (unpaired) electrons. The molecule has 2 heteroatoms. The van der Waals surface area contributed by atoms with Gasteiger partial charge in [0.1, 0.15) is 0 Å². The Hall–Kier alpha value is -3.26. The molecule has 2 aromatic heterocycles. The second kappa shape index (κ2) is 5.66. The molecule has 0 N–H and O–H groups in total. The molecule has 7 rings (SSSR count). The predicted octanol–water partition coefficient (Wildman–Crippen LogP) is 4.48. The minimum Gasteiger partial charge on any atom is -0.257 e. The van der Waals surface area contributed by atoms with E-state index < -0.39 is 0 Å². The van der Waals surface area contributed by atoms with E-state index in [1.54, 1.807) is 0 Å². The highest BCUT2D eigenvalue weighted by Gasteiger charge is 2.52. The summed E-state index contributed by atoms with van der Waals surface area (Å²) < 4.78 is 2.65. The molecule has 0 saturated carbocycles. The van der Waals surface area contributed by atoms with Gasteiger partial charge in [-0.1, -0.05) is 42.5 Å². The number of benzene rings is 2. The molecule has 3 aliphatic rings. The van der Waals surface area contributed by atoms with Crippen LogP contribution in [0.5, 0.6) is 0 Å². The molecule has 0 fully saturated rings. The summed E-state index contributed by atoms with van der Waals surface area (Å²) in [5.74, 6) is 0. The van der Waals surface area contributed by atoms with Crippen LogP contribution in [0.4, 0.5) is 0 Å². The van der Waals surface area contributed by atoms with E-state index in [4.69, 9.17) is 4.98 Å². The lowest BCUT2D eigenvalue weighted by atomic mass is 9.67. The zero-order chi connectivity index (χ0) is 19.9. The van der Waals surface area contributed by atoms with Crippen LogP contribution in [0.25, 0.3) is 0 Å². The van der Waals surface area contributed by atoms with Gasteiger partial charge in [-0.3, -0.25) is 4.98 Å². The van der Waals surface area contributed by atoms with Crippen LogP contribution in [-0.2, 0) is 31.2 Å². The highest BCUT2D eigenvalue weighted by atomic mass is 15.1. The molecule has 0 spiro atoms. The van der Waals surface area contributed by atoms with Crippen molar-refractivity contribution < 1.29 is 4.57 Å². The van der Waals surface area contributed by atoms with Gasteiger partial charge in [-0.05, 0) is 46.9 Å². The quantitative estimate of drug-likeness (QED) is 0.358. The van der Waals surface area contributed by atoms with Crippen molar-refractivity contribution in [1.82, 2.24) is 4.98 Å². The van der Waals surface area contributed by atoms with Crippen molar-refractivity contribution in [1.29, 1.82) is 0 Å². The third-order valence-electron chi connectivity index (χ3n) is 7.40. The topological polar surface area (TPSA) is 16.8 Å². The first kappa shape index (κ1) is 16.5. The average molecular weight is 388 g/mol. The van der Waals surface area contributed by atoms with E-state index in [0.29, 0.717) is 0 Å². The molecule has 1 atom stereocenters. The number of nitrogens with zero attached hydrogens (tertiary/aromatic N) is 2. The Kier molecular flexibility index (Phi) is 3.12. The zero-order valence-electron chi connectivity index (χ0n) is 17.2. The van der Waals surface area contributed by atoms with Crippen LogP contribution in [0.2, 0.25) is 0 Å². The van der Waals surface area contributed by atoms with Crippen LogP contribution in [0.1, 0.15) is 63.1 Å². The molecule has 1 aliphatic carbocycles. The summed E-state index contributed by atoms with van der Waals surface area (Å²) in [7, 11) is 0. The molecular formula is C28H23N2+. The molecule has 2 nitrogen and oxygen atoms in total. The van der Waals surface area contributed by atoms with E-state index in [1.165, 1.54) is 50.5 Å². The maximum Gasteiger partial charge on any atom is 0.217 e. The smallest absolute Gasteiger partial charge is 0.217 e. The molecule has 2 aromatic carbocycles. The fraction of sp³-hybridized carbons (Fsp3) is 0.214. The number of hydrogen-bond acceptors (Lipinski definition) is 1. The van der Waals surface area contributed by atoms with Crippen LogP contribution < -0.4 is 4.57 Å². The summed E-state index contributed by atoms with van der Waals surface area (Å²) in [6, 6.07) is 27.2.